The van der Waals surface area contributed by atoms with Crippen LogP contribution in [0.5, 0.6) is 0 Å². The Balaban J connectivity index is 1.31. The van der Waals surface area contributed by atoms with Gasteiger partial charge in [-0.25, -0.2) is 0 Å². The number of benzene rings is 4. The first kappa shape index (κ1) is 33.6. The summed E-state index contributed by atoms with van der Waals surface area (Å²) in [6, 6.07) is 33.5. The van der Waals surface area contributed by atoms with E-state index in [-0.39, 0.29) is 10.8 Å². The van der Waals surface area contributed by atoms with E-state index in [4.69, 9.17) is 23.2 Å². The lowest BCUT2D eigenvalue weighted by molar-refractivity contribution is -0.401. The molecule has 244 valence electrons. The molecule has 4 aromatic carbocycles. The summed E-state index contributed by atoms with van der Waals surface area (Å²) in [7, 11) is 4.29. The van der Waals surface area contributed by atoms with Gasteiger partial charge in [0.1, 0.15) is 7.05 Å². The van der Waals surface area contributed by atoms with Gasteiger partial charge >= 0.3 is 0 Å². The molecule has 0 unspecified atom stereocenters. The third kappa shape index (κ3) is 6.55. The summed E-state index contributed by atoms with van der Waals surface area (Å²) in [6.45, 7) is 9.09. The first-order chi connectivity index (χ1) is 23.0. The molecule has 48 heavy (non-hydrogen) atoms. The fourth-order valence-corrected chi connectivity index (χ4v) is 7.48. The Bertz CT molecular complexity index is 1920. The third-order valence-electron chi connectivity index (χ3n) is 9.80. The maximum Gasteiger partial charge on any atom is 0.209 e. The first-order valence-electron chi connectivity index (χ1n) is 16.6. The molecule has 0 N–H and O–H groups in total. The van der Waals surface area contributed by atoms with Crippen LogP contribution in [0.15, 0.2) is 145 Å². The van der Waals surface area contributed by atoms with Crippen molar-refractivity contribution in [1.29, 1.82) is 0 Å². The van der Waals surface area contributed by atoms with Gasteiger partial charge in [0.05, 0.1) is 5.41 Å². The first-order valence-corrected chi connectivity index (χ1v) is 17.3. The van der Waals surface area contributed by atoms with Crippen LogP contribution in [0.25, 0.3) is 0 Å². The van der Waals surface area contributed by atoms with Crippen LogP contribution in [0, 0.1) is 0 Å². The number of fused-ring (bicyclic) bond motifs is 2. The van der Waals surface area contributed by atoms with Crippen molar-refractivity contribution in [1.82, 2.24) is 0 Å². The Kier molecular flexibility index (Phi) is 9.56. The summed E-state index contributed by atoms with van der Waals surface area (Å²) in [5, 5.41) is 1.54. The molecule has 5 heteroatoms. The van der Waals surface area contributed by atoms with Gasteiger partial charge in [-0.05, 0) is 98.5 Å². The summed E-state index contributed by atoms with van der Waals surface area (Å²) in [5.74, 6) is 0. The highest BCUT2D eigenvalue weighted by Gasteiger charge is 2.43. The maximum atomic E-state index is 6.45. The van der Waals surface area contributed by atoms with E-state index < -0.39 is 0 Å². The molecule has 0 spiro atoms. The highest BCUT2D eigenvalue weighted by atomic mass is 35.5. The van der Waals surface area contributed by atoms with Crippen molar-refractivity contribution >= 4 is 51.7 Å². The quantitative estimate of drug-likeness (QED) is 0.129. The lowest BCUT2D eigenvalue weighted by Crippen LogP contribution is -2.26. The van der Waals surface area contributed by atoms with Gasteiger partial charge < -0.3 is 9.80 Å². The highest BCUT2D eigenvalue weighted by molar-refractivity contribution is 6.31. The van der Waals surface area contributed by atoms with Crippen molar-refractivity contribution in [2.75, 3.05) is 23.9 Å². The number of para-hydroxylation sites is 2. The number of halogens is 2. The fraction of sp³-hybridized carbons (Fsp3) is 0.233. The van der Waals surface area contributed by atoms with Crippen molar-refractivity contribution in [2.24, 2.45) is 0 Å². The van der Waals surface area contributed by atoms with Crippen LogP contribution in [0.4, 0.5) is 22.7 Å². The summed E-state index contributed by atoms with van der Waals surface area (Å²) < 4.78 is 2.29. The minimum atomic E-state index is -0.177. The molecular weight excluding hydrogens is 629 g/mol. The zero-order valence-electron chi connectivity index (χ0n) is 28.7. The SMILES string of the molecule is CN1C(=CC=CCC/C(C=CC2=[N+](C)c3ccc(Cl)cc3C2(C)C)=C/N(c2ccccc2)c2ccccc2)C(C)(C)c2cc(Cl)ccc21. The van der Waals surface area contributed by atoms with Gasteiger partial charge in [-0.3, -0.25) is 0 Å². The van der Waals surface area contributed by atoms with Crippen molar-refractivity contribution in [2.45, 2.75) is 51.4 Å². The molecule has 2 aliphatic heterocycles. The molecule has 0 saturated heterocycles. The largest absolute Gasteiger partial charge is 0.347 e. The number of nitrogens with zero attached hydrogens (tertiary/aromatic N) is 3. The van der Waals surface area contributed by atoms with Crippen LogP contribution >= 0.6 is 23.2 Å². The third-order valence-corrected chi connectivity index (χ3v) is 10.3. The van der Waals surface area contributed by atoms with E-state index >= 15 is 0 Å². The second-order valence-electron chi connectivity index (χ2n) is 13.7. The predicted octanol–water partition coefficient (Wildman–Crippen LogP) is 11.9. The van der Waals surface area contributed by atoms with Crippen LogP contribution in [0.3, 0.4) is 0 Å². The molecule has 0 bridgehead atoms. The Hall–Kier alpha value is -4.31. The van der Waals surface area contributed by atoms with E-state index in [9.17, 15) is 0 Å². The number of rotatable bonds is 9. The standard InChI is InChI=1S/C43H44Cl2N3/c1-42(2)36-28-32(44)23-25-38(36)46(5)40(42)21-15-7-10-16-31(30-48(34-17-11-8-12-18-34)35-19-13-9-14-20-35)22-27-41-43(3,4)37-29-33(45)24-26-39(37)47(41)6/h7-9,11-15,17-30H,10,16H2,1-6H3/q+1. The molecule has 0 saturated carbocycles. The van der Waals surface area contributed by atoms with Crippen molar-refractivity contribution < 1.29 is 4.58 Å². The van der Waals surface area contributed by atoms with Crippen molar-refractivity contribution in [3.8, 4) is 0 Å². The summed E-state index contributed by atoms with van der Waals surface area (Å²) in [6.07, 6.45) is 15.4. The van der Waals surface area contributed by atoms with Crippen LogP contribution in [0.2, 0.25) is 10.0 Å². The molecule has 0 amide bonds. The summed E-state index contributed by atoms with van der Waals surface area (Å²) in [5.41, 5.74) is 10.6. The summed E-state index contributed by atoms with van der Waals surface area (Å²) >= 11 is 12.8. The van der Waals surface area contributed by atoms with Gasteiger partial charge in [-0.1, -0.05) is 91.7 Å². The number of allylic oxidation sites excluding steroid dienone is 7. The van der Waals surface area contributed by atoms with E-state index in [0.717, 1.165) is 34.3 Å². The van der Waals surface area contributed by atoms with Crippen LogP contribution < -0.4 is 9.80 Å². The Morgan fingerprint density at radius 3 is 2.04 bits per heavy atom. The molecule has 0 atom stereocenters. The Labute approximate surface area is 296 Å². The number of likely N-dealkylation sites (N-methyl/N-ethyl adjacent to an activating group) is 1. The maximum absolute atomic E-state index is 6.45. The Morgan fingerprint density at radius 1 is 0.792 bits per heavy atom. The van der Waals surface area contributed by atoms with Gasteiger partial charge in [0, 0.05) is 69.2 Å². The Morgan fingerprint density at radius 2 is 1.40 bits per heavy atom. The average molecular weight is 674 g/mol. The van der Waals surface area contributed by atoms with Crippen LogP contribution in [-0.4, -0.2) is 24.4 Å². The highest BCUT2D eigenvalue weighted by Crippen LogP contribution is 2.47. The average Bonchev–Trinajstić information content (AvgIpc) is 3.38. The van der Waals surface area contributed by atoms with E-state index in [2.05, 4.69) is 178 Å². The monoisotopic (exact) mass is 672 g/mol. The normalized spacial score (nSPS) is 17.5. The van der Waals surface area contributed by atoms with Gasteiger partial charge in [-0.15, -0.1) is 0 Å². The molecular formula is C43H44Cl2N3+. The zero-order valence-corrected chi connectivity index (χ0v) is 30.2. The van der Waals surface area contributed by atoms with E-state index in [0.29, 0.717) is 0 Å². The molecule has 3 nitrogen and oxygen atoms in total. The molecule has 4 aromatic rings. The van der Waals surface area contributed by atoms with Gasteiger partial charge in [0.25, 0.3) is 0 Å². The predicted molar refractivity (Wildman–Crippen MR) is 207 cm³/mol. The van der Waals surface area contributed by atoms with E-state index in [1.165, 1.54) is 39.5 Å². The van der Waals surface area contributed by atoms with Crippen LogP contribution in [-0.2, 0) is 10.8 Å². The molecule has 2 aliphatic rings. The number of hydrogen-bond acceptors (Lipinski definition) is 2. The molecule has 6 rings (SSSR count). The fourth-order valence-electron chi connectivity index (χ4n) is 7.14. The van der Waals surface area contributed by atoms with E-state index in [1.54, 1.807) is 0 Å². The zero-order chi connectivity index (χ0) is 34.1. The second-order valence-corrected chi connectivity index (χ2v) is 14.5. The van der Waals surface area contributed by atoms with Gasteiger partial charge in [0.2, 0.25) is 5.69 Å². The summed E-state index contributed by atoms with van der Waals surface area (Å²) in [4.78, 5) is 4.57. The molecule has 2 heterocycles. The molecule has 0 fully saturated rings. The van der Waals surface area contributed by atoms with E-state index in [1.807, 2.05) is 12.1 Å². The second kappa shape index (κ2) is 13.7. The molecule has 0 radical (unpaired) electrons. The van der Waals surface area contributed by atoms with Crippen LogP contribution in [0.1, 0.15) is 51.7 Å². The minimum Gasteiger partial charge on any atom is -0.347 e. The molecule has 0 aromatic heterocycles. The van der Waals surface area contributed by atoms with Gasteiger partial charge in [-0.2, -0.15) is 4.58 Å². The van der Waals surface area contributed by atoms with Gasteiger partial charge in [0.15, 0.2) is 5.71 Å². The number of anilines is 3. The number of hydrogen-bond donors (Lipinski definition) is 0. The smallest absolute Gasteiger partial charge is 0.209 e. The topological polar surface area (TPSA) is 9.49 Å². The molecule has 0 aliphatic carbocycles. The van der Waals surface area contributed by atoms with Crippen molar-refractivity contribution in [3.63, 3.8) is 0 Å². The minimum absolute atomic E-state index is 0.127. The van der Waals surface area contributed by atoms with Crippen molar-refractivity contribution in [3.05, 3.63) is 166 Å². The lowest BCUT2D eigenvalue weighted by Gasteiger charge is -2.23. The lowest BCUT2D eigenvalue weighted by atomic mass is 9.81.